The zero-order chi connectivity index (χ0) is 21.7. The lowest BCUT2D eigenvalue weighted by atomic mass is 10.0. The number of hydrogen-bond donors (Lipinski definition) is 0. The molecule has 156 valence electrons. The van der Waals surface area contributed by atoms with Gasteiger partial charge in [0.05, 0.1) is 19.8 Å². The minimum absolute atomic E-state index is 0.116. The van der Waals surface area contributed by atoms with Crippen LogP contribution in [0, 0.1) is 6.92 Å². The Morgan fingerprint density at radius 2 is 1.93 bits per heavy atom. The van der Waals surface area contributed by atoms with Crippen LogP contribution in [-0.4, -0.2) is 39.2 Å². The lowest BCUT2D eigenvalue weighted by molar-refractivity contribution is -0.144. The van der Waals surface area contributed by atoms with Gasteiger partial charge in [-0.25, -0.2) is 4.79 Å². The fraction of sp³-hybridized carbons (Fsp3) is 0.217. The minimum Gasteiger partial charge on any atom is -0.497 e. The van der Waals surface area contributed by atoms with Crippen molar-refractivity contribution in [1.82, 2.24) is 0 Å². The van der Waals surface area contributed by atoms with Crippen molar-refractivity contribution in [3.05, 3.63) is 65.4 Å². The zero-order valence-corrected chi connectivity index (χ0v) is 17.0. The third-order valence-electron chi connectivity index (χ3n) is 4.39. The number of carbonyl (C=O) groups is 2. The maximum atomic E-state index is 12.9. The molecule has 1 heterocycles. The van der Waals surface area contributed by atoms with Gasteiger partial charge < -0.3 is 23.7 Å². The average molecular weight is 410 g/mol. The van der Waals surface area contributed by atoms with Crippen molar-refractivity contribution >= 4 is 17.8 Å². The molecule has 0 radical (unpaired) electrons. The van der Waals surface area contributed by atoms with Crippen molar-refractivity contribution in [2.45, 2.75) is 6.92 Å². The minimum atomic E-state index is -0.518. The SMILES string of the molecule is C=CCOC(=O)COc1cc(C)c2c(c1)O/C(=C\c1cc(OC)ccc1OC)C2=O. The topological polar surface area (TPSA) is 80.3 Å². The maximum Gasteiger partial charge on any atom is 0.344 e. The van der Waals surface area contributed by atoms with E-state index >= 15 is 0 Å². The number of rotatable bonds is 8. The molecule has 0 atom stereocenters. The summed E-state index contributed by atoms with van der Waals surface area (Å²) in [5.74, 6) is 1.36. The fourth-order valence-electron chi connectivity index (χ4n) is 2.99. The largest absolute Gasteiger partial charge is 0.497 e. The molecule has 0 amide bonds. The molecule has 0 aromatic heterocycles. The molecule has 7 nitrogen and oxygen atoms in total. The van der Waals surface area contributed by atoms with Crippen LogP contribution in [0.3, 0.4) is 0 Å². The van der Waals surface area contributed by atoms with Crippen molar-refractivity contribution < 1.29 is 33.3 Å². The number of methoxy groups -OCH3 is 2. The highest BCUT2D eigenvalue weighted by Gasteiger charge is 2.30. The summed E-state index contributed by atoms with van der Waals surface area (Å²) < 4.78 is 26.7. The molecule has 3 rings (SSSR count). The van der Waals surface area contributed by atoms with Gasteiger partial charge >= 0.3 is 5.97 Å². The highest BCUT2D eigenvalue weighted by Crippen LogP contribution is 2.38. The number of esters is 1. The van der Waals surface area contributed by atoms with E-state index in [-0.39, 0.29) is 24.8 Å². The van der Waals surface area contributed by atoms with Gasteiger partial charge in [0.15, 0.2) is 12.4 Å². The zero-order valence-electron chi connectivity index (χ0n) is 17.0. The van der Waals surface area contributed by atoms with Crippen molar-refractivity contribution in [2.24, 2.45) is 0 Å². The van der Waals surface area contributed by atoms with Gasteiger partial charge in [-0.1, -0.05) is 12.7 Å². The molecule has 30 heavy (non-hydrogen) atoms. The van der Waals surface area contributed by atoms with Gasteiger partial charge in [0.25, 0.3) is 0 Å². The van der Waals surface area contributed by atoms with Crippen molar-refractivity contribution in [3.63, 3.8) is 0 Å². The van der Waals surface area contributed by atoms with E-state index in [1.807, 2.05) is 0 Å². The molecule has 2 aromatic rings. The van der Waals surface area contributed by atoms with Crippen LogP contribution in [-0.2, 0) is 9.53 Å². The molecular weight excluding hydrogens is 388 g/mol. The second-order valence-corrected chi connectivity index (χ2v) is 6.42. The normalized spacial score (nSPS) is 13.4. The molecule has 0 aliphatic carbocycles. The van der Waals surface area contributed by atoms with E-state index in [0.717, 1.165) is 0 Å². The Balaban J connectivity index is 1.84. The van der Waals surface area contributed by atoms with E-state index in [9.17, 15) is 9.59 Å². The monoisotopic (exact) mass is 410 g/mol. The highest BCUT2D eigenvalue weighted by molar-refractivity contribution is 6.15. The standard InChI is InChI=1S/C23H22O7/c1-5-8-28-21(24)13-29-17-9-14(2)22-19(12-17)30-20(23(22)25)11-15-10-16(26-3)6-7-18(15)27-4/h5-7,9-12H,1,8,13H2,2-4H3/b20-11-. The van der Waals surface area contributed by atoms with Crippen LogP contribution in [0.4, 0.5) is 0 Å². The number of carbonyl (C=O) groups excluding carboxylic acids is 2. The van der Waals surface area contributed by atoms with Crippen molar-refractivity contribution in [3.8, 4) is 23.0 Å². The smallest absolute Gasteiger partial charge is 0.344 e. The van der Waals surface area contributed by atoms with Gasteiger partial charge in [0.1, 0.15) is 29.6 Å². The van der Waals surface area contributed by atoms with E-state index < -0.39 is 5.97 Å². The first-order chi connectivity index (χ1) is 14.5. The first-order valence-electron chi connectivity index (χ1n) is 9.17. The third kappa shape index (κ3) is 4.46. The van der Waals surface area contributed by atoms with Gasteiger partial charge in [-0.15, -0.1) is 0 Å². The van der Waals surface area contributed by atoms with E-state index in [2.05, 4.69) is 6.58 Å². The van der Waals surface area contributed by atoms with Crippen LogP contribution in [0.2, 0.25) is 0 Å². The third-order valence-corrected chi connectivity index (χ3v) is 4.39. The van der Waals surface area contributed by atoms with Crippen LogP contribution in [0.5, 0.6) is 23.0 Å². The highest BCUT2D eigenvalue weighted by atomic mass is 16.6. The summed E-state index contributed by atoms with van der Waals surface area (Å²) in [6.07, 6.45) is 3.08. The Kier molecular flexibility index (Phi) is 6.41. The van der Waals surface area contributed by atoms with Crippen LogP contribution in [0.15, 0.2) is 48.7 Å². The van der Waals surface area contributed by atoms with Crippen molar-refractivity contribution in [1.29, 1.82) is 0 Å². The van der Waals surface area contributed by atoms with Gasteiger partial charge in [0, 0.05) is 11.6 Å². The van der Waals surface area contributed by atoms with Crippen LogP contribution in [0.1, 0.15) is 21.5 Å². The lowest BCUT2D eigenvalue weighted by Gasteiger charge is -2.09. The number of benzene rings is 2. The Bertz CT molecular complexity index is 1020. The molecule has 0 bridgehead atoms. The number of allylic oxidation sites excluding steroid dienone is 1. The summed E-state index contributed by atoms with van der Waals surface area (Å²) in [4.78, 5) is 24.5. The summed E-state index contributed by atoms with van der Waals surface area (Å²) in [6, 6.07) is 8.52. The molecule has 0 N–H and O–H groups in total. The van der Waals surface area contributed by atoms with Crippen LogP contribution in [0.25, 0.3) is 6.08 Å². The number of Topliss-reactive ketones (excluding diaryl/α,β-unsaturated/α-hetero) is 1. The fourth-order valence-corrected chi connectivity index (χ4v) is 2.99. The average Bonchev–Trinajstić information content (AvgIpc) is 3.06. The Labute approximate surface area is 174 Å². The van der Waals surface area contributed by atoms with Gasteiger partial charge in [-0.3, -0.25) is 4.79 Å². The number of ketones is 1. The van der Waals surface area contributed by atoms with Gasteiger partial charge in [-0.05, 0) is 42.8 Å². The second kappa shape index (κ2) is 9.17. The number of aryl methyl sites for hydroxylation is 1. The summed E-state index contributed by atoms with van der Waals surface area (Å²) >= 11 is 0. The maximum absolute atomic E-state index is 12.9. The summed E-state index contributed by atoms with van der Waals surface area (Å²) in [5.41, 5.74) is 1.77. The van der Waals surface area contributed by atoms with Gasteiger partial charge in [0.2, 0.25) is 5.78 Å². The predicted molar refractivity (Wildman–Crippen MR) is 110 cm³/mol. The molecule has 1 aliphatic heterocycles. The molecule has 0 saturated heterocycles. The molecule has 0 unspecified atom stereocenters. The van der Waals surface area contributed by atoms with E-state index in [4.69, 9.17) is 23.7 Å². The van der Waals surface area contributed by atoms with Crippen molar-refractivity contribution in [2.75, 3.05) is 27.4 Å². The number of hydrogen-bond acceptors (Lipinski definition) is 7. The Morgan fingerprint density at radius 3 is 2.63 bits per heavy atom. The first kappa shape index (κ1) is 21.0. The van der Waals surface area contributed by atoms with Gasteiger partial charge in [-0.2, -0.15) is 0 Å². The summed E-state index contributed by atoms with van der Waals surface area (Å²) in [6.45, 7) is 5.11. The Morgan fingerprint density at radius 1 is 1.13 bits per heavy atom. The van der Waals surface area contributed by atoms with Crippen LogP contribution < -0.4 is 18.9 Å². The quantitative estimate of drug-likeness (QED) is 0.373. The Hall–Kier alpha value is -3.74. The molecule has 1 aliphatic rings. The van der Waals surface area contributed by atoms with E-state index in [1.54, 1.807) is 57.6 Å². The van der Waals surface area contributed by atoms with E-state index in [0.29, 0.717) is 39.7 Å². The second-order valence-electron chi connectivity index (χ2n) is 6.42. The lowest BCUT2D eigenvalue weighted by Crippen LogP contribution is -2.14. The molecule has 0 saturated carbocycles. The molecule has 7 heteroatoms. The summed E-state index contributed by atoms with van der Waals surface area (Å²) in [7, 11) is 3.10. The first-order valence-corrected chi connectivity index (χ1v) is 9.17. The van der Waals surface area contributed by atoms with Crippen LogP contribution >= 0.6 is 0 Å². The summed E-state index contributed by atoms with van der Waals surface area (Å²) in [5, 5.41) is 0. The molecule has 0 fully saturated rings. The number of ether oxygens (including phenoxy) is 5. The number of fused-ring (bicyclic) bond motifs is 1. The predicted octanol–water partition coefficient (Wildman–Crippen LogP) is 3.74. The van der Waals surface area contributed by atoms with E-state index in [1.165, 1.54) is 6.08 Å². The molecular formula is C23H22O7. The molecule has 0 spiro atoms. The molecule has 2 aromatic carbocycles.